The Morgan fingerprint density at radius 3 is 1.76 bits per heavy atom. The second kappa shape index (κ2) is 13.6. The molecule has 7 nitrogen and oxygen atoms in total. The number of carboxylic acid groups (broad SMARTS) is 2. The lowest BCUT2D eigenvalue weighted by Gasteiger charge is -2.37. The molecular weight excluding hydrogens is 529 g/mol. The molecule has 0 amide bonds. The smallest absolute Gasteiger partial charge is 0.475 e. The summed E-state index contributed by atoms with van der Waals surface area (Å²) < 4.78 is 83.1. The zero-order valence-electron chi connectivity index (χ0n) is 20.5. The first-order valence-electron chi connectivity index (χ1n) is 12.0. The van der Waals surface area contributed by atoms with Crippen LogP contribution in [0.3, 0.4) is 0 Å². The van der Waals surface area contributed by atoms with Crippen molar-refractivity contribution in [1.82, 2.24) is 9.80 Å². The van der Waals surface area contributed by atoms with Crippen molar-refractivity contribution in [1.29, 1.82) is 0 Å². The normalized spacial score (nSPS) is 20.4. The summed E-state index contributed by atoms with van der Waals surface area (Å²) in [6.07, 6.45) is -5.32. The standard InChI is InChI=1S/C20H29FN2O.2C2HF3O2/c21-19-4-2-1-3-18(19)20(7-8-20)16-23-9-5-17(6-10-23)15-22-11-13-24-14-12-22;2*3-2(4,5)1(6)7/h1-4,17H,5-16H2;2*(H,6,7). The van der Waals surface area contributed by atoms with Gasteiger partial charge in [0.25, 0.3) is 0 Å². The number of hydrogen-bond donors (Lipinski definition) is 2. The molecule has 1 saturated carbocycles. The molecule has 216 valence electrons. The number of ether oxygens (including phenoxy) is 1. The summed E-state index contributed by atoms with van der Waals surface area (Å²) in [5.41, 5.74) is 1.04. The van der Waals surface area contributed by atoms with E-state index in [1.807, 2.05) is 12.1 Å². The van der Waals surface area contributed by atoms with Crippen molar-refractivity contribution in [3.63, 3.8) is 0 Å². The zero-order valence-corrected chi connectivity index (χ0v) is 20.5. The fourth-order valence-electron chi connectivity index (χ4n) is 4.46. The van der Waals surface area contributed by atoms with Gasteiger partial charge in [-0.25, -0.2) is 14.0 Å². The molecule has 14 heteroatoms. The molecule has 0 atom stereocenters. The molecule has 1 aromatic carbocycles. The molecule has 0 unspecified atom stereocenters. The summed E-state index contributed by atoms with van der Waals surface area (Å²) >= 11 is 0. The van der Waals surface area contributed by atoms with Gasteiger partial charge in [-0.3, -0.25) is 4.90 Å². The van der Waals surface area contributed by atoms with Crippen LogP contribution >= 0.6 is 0 Å². The number of nitrogens with zero attached hydrogens (tertiary/aromatic N) is 2. The molecule has 2 N–H and O–H groups in total. The van der Waals surface area contributed by atoms with E-state index >= 15 is 0 Å². The number of piperidine rings is 1. The third-order valence-electron chi connectivity index (χ3n) is 6.64. The van der Waals surface area contributed by atoms with Crippen molar-refractivity contribution >= 4 is 11.9 Å². The van der Waals surface area contributed by atoms with Crippen LogP contribution in [-0.4, -0.2) is 96.8 Å². The van der Waals surface area contributed by atoms with Gasteiger partial charge in [-0.1, -0.05) is 18.2 Å². The van der Waals surface area contributed by atoms with Gasteiger partial charge in [0.1, 0.15) is 5.82 Å². The van der Waals surface area contributed by atoms with E-state index in [9.17, 15) is 30.7 Å². The predicted octanol–water partition coefficient (Wildman–Crippen LogP) is 4.17. The monoisotopic (exact) mass is 560 g/mol. The Labute approximate surface area is 215 Å². The third-order valence-corrected chi connectivity index (χ3v) is 6.64. The average molecular weight is 561 g/mol. The highest BCUT2D eigenvalue weighted by molar-refractivity contribution is 5.73. The van der Waals surface area contributed by atoms with Crippen molar-refractivity contribution < 1.29 is 55.3 Å². The number of halogens is 7. The first-order chi connectivity index (χ1) is 17.6. The molecule has 2 heterocycles. The first kappa shape index (κ1) is 31.8. The van der Waals surface area contributed by atoms with Crippen LogP contribution in [0.2, 0.25) is 0 Å². The third kappa shape index (κ3) is 10.4. The van der Waals surface area contributed by atoms with Crippen LogP contribution < -0.4 is 0 Å². The number of carboxylic acids is 2. The highest BCUT2D eigenvalue weighted by Crippen LogP contribution is 2.49. The maximum atomic E-state index is 14.2. The molecule has 2 saturated heterocycles. The number of hydrogen-bond acceptors (Lipinski definition) is 5. The number of likely N-dealkylation sites (tertiary alicyclic amines) is 1. The van der Waals surface area contributed by atoms with Crippen LogP contribution in [0.4, 0.5) is 30.7 Å². The van der Waals surface area contributed by atoms with Crippen molar-refractivity contribution in [2.24, 2.45) is 5.92 Å². The van der Waals surface area contributed by atoms with E-state index in [0.717, 1.165) is 57.2 Å². The second-order valence-electron chi connectivity index (χ2n) is 9.50. The van der Waals surface area contributed by atoms with Crippen LogP contribution in [-0.2, 0) is 19.7 Å². The molecule has 0 spiro atoms. The van der Waals surface area contributed by atoms with Gasteiger partial charge in [0.05, 0.1) is 13.2 Å². The van der Waals surface area contributed by atoms with Crippen molar-refractivity contribution in [3.8, 4) is 0 Å². The fraction of sp³-hybridized carbons (Fsp3) is 0.667. The molecule has 0 aromatic heterocycles. The average Bonchev–Trinajstić information content (AvgIpc) is 3.61. The summed E-state index contributed by atoms with van der Waals surface area (Å²) in [6.45, 7) is 8.59. The molecule has 3 aliphatic rings. The Morgan fingerprint density at radius 2 is 1.34 bits per heavy atom. The Kier molecular flexibility index (Phi) is 11.3. The Hall–Kier alpha value is -2.45. The maximum Gasteiger partial charge on any atom is 0.490 e. The SMILES string of the molecule is Fc1ccccc1C1(CN2CCC(CN3CCOCC3)CC2)CC1.O=C(O)C(F)(F)F.O=C(O)C(F)(F)F. The van der Waals surface area contributed by atoms with E-state index in [1.165, 1.54) is 32.5 Å². The highest BCUT2D eigenvalue weighted by atomic mass is 19.4. The maximum absolute atomic E-state index is 14.2. The number of alkyl halides is 6. The molecule has 1 aliphatic carbocycles. The van der Waals surface area contributed by atoms with Gasteiger partial charge in [0, 0.05) is 31.6 Å². The van der Waals surface area contributed by atoms with Gasteiger partial charge in [-0.2, -0.15) is 26.3 Å². The number of aliphatic carboxylic acids is 2. The first-order valence-corrected chi connectivity index (χ1v) is 12.0. The minimum Gasteiger partial charge on any atom is -0.475 e. The van der Waals surface area contributed by atoms with Crippen LogP contribution in [0.1, 0.15) is 31.2 Å². The highest BCUT2D eigenvalue weighted by Gasteiger charge is 2.47. The van der Waals surface area contributed by atoms with E-state index in [1.54, 1.807) is 12.1 Å². The van der Waals surface area contributed by atoms with E-state index < -0.39 is 24.3 Å². The van der Waals surface area contributed by atoms with Crippen LogP contribution in [0, 0.1) is 11.7 Å². The number of rotatable bonds is 5. The van der Waals surface area contributed by atoms with Gasteiger partial charge in [-0.05, 0) is 56.3 Å². The lowest BCUT2D eigenvalue weighted by Crippen LogP contribution is -2.44. The Morgan fingerprint density at radius 1 is 0.868 bits per heavy atom. The summed E-state index contributed by atoms with van der Waals surface area (Å²) in [6, 6.07) is 7.39. The minimum atomic E-state index is -5.08. The molecule has 1 aromatic rings. The summed E-state index contributed by atoms with van der Waals surface area (Å²) in [5, 5.41) is 14.2. The molecular formula is C24H31F7N2O5. The lowest BCUT2D eigenvalue weighted by atomic mass is 9.91. The molecule has 4 rings (SSSR count). The predicted molar refractivity (Wildman–Crippen MR) is 121 cm³/mol. The van der Waals surface area contributed by atoms with Gasteiger partial charge in [0.15, 0.2) is 0 Å². The van der Waals surface area contributed by atoms with Gasteiger partial charge in [-0.15, -0.1) is 0 Å². The molecule has 38 heavy (non-hydrogen) atoms. The van der Waals surface area contributed by atoms with Crippen molar-refractivity contribution in [3.05, 3.63) is 35.6 Å². The molecule has 0 bridgehead atoms. The van der Waals surface area contributed by atoms with Gasteiger partial charge >= 0.3 is 24.3 Å². The Bertz CT molecular complexity index is 884. The number of benzene rings is 1. The summed E-state index contributed by atoms with van der Waals surface area (Å²) in [5.74, 6) is -4.71. The minimum absolute atomic E-state index is 0.0165. The topological polar surface area (TPSA) is 90.3 Å². The Balaban J connectivity index is 0.000000301. The number of carbonyl (C=O) groups is 2. The largest absolute Gasteiger partial charge is 0.490 e. The van der Waals surface area contributed by atoms with E-state index in [4.69, 9.17) is 24.5 Å². The number of morpholine rings is 1. The molecule has 2 aliphatic heterocycles. The van der Waals surface area contributed by atoms with E-state index in [0.29, 0.717) is 0 Å². The van der Waals surface area contributed by atoms with Crippen LogP contribution in [0.15, 0.2) is 24.3 Å². The van der Waals surface area contributed by atoms with E-state index in [2.05, 4.69) is 9.80 Å². The lowest BCUT2D eigenvalue weighted by molar-refractivity contribution is -0.193. The summed E-state index contributed by atoms with van der Waals surface area (Å²) in [4.78, 5) is 22.9. The zero-order chi connectivity index (χ0) is 28.6. The van der Waals surface area contributed by atoms with Crippen LogP contribution in [0.25, 0.3) is 0 Å². The van der Waals surface area contributed by atoms with Crippen molar-refractivity contribution in [2.75, 3.05) is 52.5 Å². The van der Waals surface area contributed by atoms with E-state index in [-0.39, 0.29) is 11.2 Å². The second-order valence-corrected chi connectivity index (χ2v) is 9.50. The van der Waals surface area contributed by atoms with Crippen molar-refractivity contribution in [2.45, 2.75) is 43.5 Å². The molecule has 3 fully saturated rings. The van der Waals surface area contributed by atoms with Gasteiger partial charge < -0.3 is 19.8 Å². The summed E-state index contributed by atoms with van der Waals surface area (Å²) in [7, 11) is 0. The fourth-order valence-corrected chi connectivity index (χ4v) is 4.46. The quantitative estimate of drug-likeness (QED) is 0.523. The molecule has 0 radical (unpaired) electrons. The van der Waals surface area contributed by atoms with Gasteiger partial charge in [0.2, 0.25) is 0 Å². The van der Waals surface area contributed by atoms with Crippen LogP contribution in [0.5, 0.6) is 0 Å².